The Kier molecular flexibility index (Phi) is 5.00. The number of hydrazine groups is 1. The molecule has 22 heavy (non-hydrogen) atoms. The van der Waals surface area contributed by atoms with E-state index in [-0.39, 0.29) is 0 Å². The molecular formula is C15H20N4O3. The van der Waals surface area contributed by atoms with Crippen LogP contribution in [0.1, 0.15) is 25.5 Å². The smallest absolute Gasteiger partial charge is 0.338 e. The Balaban J connectivity index is 2.42. The molecule has 2 rings (SSSR count). The van der Waals surface area contributed by atoms with Crippen LogP contribution in [0, 0.1) is 0 Å². The Morgan fingerprint density at radius 2 is 2.09 bits per heavy atom. The Morgan fingerprint density at radius 3 is 2.64 bits per heavy atom. The van der Waals surface area contributed by atoms with Gasteiger partial charge in [0, 0.05) is 5.70 Å². The maximum atomic E-state index is 12.2. The molecule has 7 nitrogen and oxygen atoms in total. The van der Waals surface area contributed by atoms with Crippen molar-refractivity contribution in [1.29, 1.82) is 0 Å². The van der Waals surface area contributed by atoms with Crippen molar-refractivity contribution < 1.29 is 14.3 Å². The van der Waals surface area contributed by atoms with Crippen LogP contribution in [0.5, 0.6) is 5.75 Å². The number of aliphatic imine (C=N–C) groups is 1. The number of nitrogens with zero attached hydrogens (tertiary/aromatic N) is 1. The molecule has 0 fully saturated rings. The van der Waals surface area contributed by atoms with Crippen molar-refractivity contribution >= 4 is 11.9 Å². The van der Waals surface area contributed by atoms with E-state index in [0.717, 1.165) is 11.3 Å². The molecular weight excluding hydrogens is 284 g/mol. The standard InChI is InChI=1S/C15H20N4O3/c1-4-22-14(20)12-9(2)17-15(19-16)18-13(12)10-5-7-11(21-3)8-6-10/h5-8,13H,4,16H2,1-3H3,(H2,17,18,19)/t13-/m0/s1. The van der Waals surface area contributed by atoms with Crippen LogP contribution in [0.4, 0.5) is 0 Å². The number of esters is 1. The van der Waals surface area contributed by atoms with Gasteiger partial charge in [-0.2, -0.15) is 0 Å². The monoisotopic (exact) mass is 304 g/mol. The first kappa shape index (κ1) is 15.8. The molecule has 0 saturated heterocycles. The van der Waals surface area contributed by atoms with Gasteiger partial charge in [-0.15, -0.1) is 0 Å². The summed E-state index contributed by atoms with van der Waals surface area (Å²) in [5, 5.41) is 2.95. The van der Waals surface area contributed by atoms with Gasteiger partial charge in [0.15, 0.2) is 0 Å². The van der Waals surface area contributed by atoms with E-state index in [1.54, 1.807) is 21.0 Å². The topological polar surface area (TPSA) is 98.0 Å². The highest BCUT2D eigenvalue weighted by Crippen LogP contribution is 2.32. The van der Waals surface area contributed by atoms with Crippen LogP contribution >= 0.6 is 0 Å². The van der Waals surface area contributed by atoms with E-state index < -0.39 is 12.0 Å². The molecule has 1 aromatic carbocycles. The lowest BCUT2D eigenvalue weighted by Crippen LogP contribution is -2.44. The molecule has 0 aliphatic carbocycles. The van der Waals surface area contributed by atoms with Crippen LogP contribution in [-0.4, -0.2) is 25.6 Å². The highest BCUT2D eigenvalue weighted by Gasteiger charge is 2.30. The number of nitrogens with one attached hydrogen (secondary N) is 2. The van der Waals surface area contributed by atoms with Crippen molar-refractivity contribution in [3.05, 3.63) is 41.1 Å². The van der Waals surface area contributed by atoms with Crippen molar-refractivity contribution in [3.8, 4) is 5.75 Å². The first-order valence-corrected chi connectivity index (χ1v) is 6.94. The van der Waals surface area contributed by atoms with E-state index >= 15 is 0 Å². The zero-order chi connectivity index (χ0) is 16.1. The number of guanidine groups is 1. The molecule has 1 heterocycles. The fourth-order valence-corrected chi connectivity index (χ4v) is 2.25. The fourth-order valence-electron chi connectivity index (χ4n) is 2.25. The van der Waals surface area contributed by atoms with Crippen LogP contribution in [0.3, 0.4) is 0 Å². The minimum Gasteiger partial charge on any atom is -0.497 e. The minimum atomic E-state index is -0.489. The maximum absolute atomic E-state index is 12.2. The molecule has 1 aliphatic rings. The lowest BCUT2D eigenvalue weighted by Gasteiger charge is -2.25. The third-order valence-corrected chi connectivity index (χ3v) is 3.31. The summed E-state index contributed by atoms with van der Waals surface area (Å²) in [6.45, 7) is 3.86. The third-order valence-electron chi connectivity index (χ3n) is 3.31. The Labute approximate surface area is 129 Å². The summed E-state index contributed by atoms with van der Waals surface area (Å²) in [7, 11) is 1.60. The van der Waals surface area contributed by atoms with Gasteiger partial charge in [-0.1, -0.05) is 12.1 Å². The molecule has 1 aliphatic heterocycles. The summed E-state index contributed by atoms with van der Waals surface area (Å²) in [4.78, 5) is 16.7. The number of rotatable bonds is 4. The molecule has 0 spiro atoms. The van der Waals surface area contributed by atoms with Gasteiger partial charge in [0.25, 0.3) is 0 Å². The summed E-state index contributed by atoms with van der Waals surface area (Å²) in [5.74, 6) is 6.16. The van der Waals surface area contributed by atoms with E-state index in [1.807, 2.05) is 24.3 Å². The van der Waals surface area contributed by atoms with E-state index in [2.05, 4.69) is 15.7 Å². The maximum Gasteiger partial charge on any atom is 0.338 e. The number of benzene rings is 1. The van der Waals surface area contributed by atoms with Crippen LogP contribution in [0.25, 0.3) is 0 Å². The molecule has 0 amide bonds. The number of hydrogen-bond donors (Lipinski definition) is 3. The van der Waals surface area contributed by atoms with Crippen molar-refractivity contribution in [2.24, 2.45) is 10.8 Å². The highest BCUT2D eigenvalue weighted by atomic mass is 16.5. The molecule has 0 radical (unpaired) electrons. The van der Waals surface area contributed by atoms with Gasteiger partial charge in [0.05, 0.1) is 19.3 Å². The molecule has 1 atom stereocenters. The van der Waals surface area contributed by atoms with E-state index in [9.17, 15) is 4.79 Å². The average molecular weight is 304 g/mol. The molecule has 1 aromatic rings. The first-order valence-electron chi connectivity index (χ1n) is 6.94. The Morgan fingerprint density at radius 1 is 1.41 bits per heavy atom. The van der Waals surface area contributed by atoms with Crippen LogP contribution in [-0.2, 0) is 9.53 Å². The van der Waals surface area contributed by atoms with Gasteiger partial charge in [-0.05, 0) is 31.5 Å². The summed E-state index contributed by atoms with van der Waals surface area (Å²) in [6.07, 6.45) is 0. The summed E-state index contributed by atoms with van der Waals surface area (Å²) in [6, 6.07) is 6.87. The van der Waals surface area contributed by atoms with E-state index in [4.69, 9.17) is 15.3 Å². The van der Waals surface area contributed by atoms with Gasteiger partial charge < -0.3 is 14.8 Å². The van der Waals surface area contributed by atoms with Crippen LogP contribution in [0.2, 0.25) is 0 Å². The largest absolute Gasteiger partial charge is 0.497 e. The molecule has 4 N–H and O–H groups in total. The van der Waals surface area contributed by atoms with Crippen molar-refractivity contribution in [2.75, 3.05) is 13.7 Å². The quantitative estimate of drug-likeness (QED) is 0.436. The Bertz CT molecular complexity index is 608. The fraction of sp³-hybridized carbons (Fsp3) is 0.333. The lowest BCUT2D eigenvalue weighted by molar-refractivity contribution is -0.138. The van der Waals surface area contributed by atoms with Crippen molar-refractivity contribution in [2.45, 2.75) is 19.9 Å². The molecule has 0 unspecified atom stereocenters. The third kappa shape index (κ3) is 3.20. The number of carbonyl (C=O) groups excluding carboxylic acids is 1. The SMILES string of the molecule is CCOC(=O)C1=C(C)NC(NN)=N[C@H]1c1ccc(OC)cc1. The Hall–Kier alpha value is -2.54. The van der Waals surface area contributed by atoms with Gasteiger partial charge in [-0.25, -0.2) is 15.6 Å². The van der Waals surface area contributed by atoms with E-state index in [1.165, 1.54) is 0 Å². The summed E-state index contributed by atoms with van der Waals surface area (Å²) in [5.41, 5.74) is 4.44. The molecule has 118 valence electrons. The zero-order valence-corrected chi connectivity index (χ0v) is 12.8. The number of methoxy groups -OCH3 is 1. The van der Waals surface area contributed by atoms with Crippen molar-refractivity contribution in [3.63, 3.8) is 0 Å². The average Bonchev–Trinajstić information content (AvgIpc) is 2.54. The molecule has 7 heteroatoms. The second-order valence-corrected chi connectivity index (χ2v) is 4.68. The summed E-state index contributed by atoms with van der Waals surface area (Å²) < 4.78 is 10.3. The second kappa shape index (κ2) is 6.95. The molecule has 0 aromatic heterocycles. The molecule has 0 bridgehead atoms. The van der Waals surface area contributed by atoms with Gasteiger partial charge in [0.1, 0.15) is 11.8 Å². The minimum absolute atomic E-state index is 0.302. The number of hydrogen-bond acceptors (Lipinski definition) is 7. The van der Waals surface area contributed by atoms with E-state index in [0.29, 0.717) is 23.8 Å². The van der Waals surface area contributed by atoms with Crippen LogP contribution in [0.15, 0.2) is 40.5 Å². The predicted molar refractivity (Wildman–Crippen MR) is 83.0 cm³/mol. The van der Waals surface area contributed by atoms with Gasteiger partial charge in [0.2, 0.25) is 5.96 Å². The zero-order valence-electron chi connectivity index (χ0n) is 12.8. The van der Waals surface area contributed by atoms with Crippen LogP contribution < -0.4 is 21.3 Å². The van der Waals surface area contributed by atoms with Crippen molar-refractivity contribution in [1.82, 2.24) is 10.7 Å². The highest BCUT2D eigenvalue weighted by molar-refractivity contribution is 5.95. The number of carbonyl (C=O) groups is 1. The number of ether oxygens (including phenoxy) is 2. The normalized spacial score (nSPS) is 17.5. The lowest BCUT2D eigenvalue weighted by atomic mass is 9.96. The second-order valence-electron chi connectivity index (χ2n) is 4.68. The van der Waals surface area contributed by atoms with Gasteiger partial charge >= 0.3 is 5.97 Å². The first-order chi connectivity index (χ1) is 10.6. The number of allylic oxidation sites excluding steroid dienone is 1. The predicted octanol–water partition coefficient (Wildman–Crippen LogP) is 0.996. The number of nitrogens with two attached hydrogens (primary N) is 1. The molecule has 0 saturated carbocycles. The summed E-state index contributed by atoms with van der Waals surface area (Å²) >= 11 is 0. The van der Waals surface area contributed by atoms with Gasteiger partial charge in [-0.3, -0.25) is 5.43 Å².